The van der Waals surface area contributed by atoms with Crippen molar-refractivity contribution < 1.29 is 4.79 Å². The van der Waals surface area contributed by atoms with Crippen LogP contribution in [-0.4, -0.2) is 10.9 Å². The van der Waals surface area contributed by atoms with Gasteiger partial charge in [0.15, 0.2) is 0 Å². The smallest absolute Gasteiger partial charge is 0.228 e. The van der Waals surface area contributed by atoms with Crippen molar-refractivity contribution in [2.24, 2.45) is 0 Å². The summed E-state index contributed by atoms with van der Waals surface area (Å²) in [6, 6.07) is 7.39. The van der Waals surface area contributed by atoms with E-state index in [1.807, 2.05) is 25.1 Å². The van der Waals surface area contributed by atoms with Gasteiger partial charge < -0.3 is 5.32 Å². The number of rotatable bonds is 3. The summed E-state index contributed by atoms with van der Waals surface area (Å²) < 4.78 is 0.829. The quantitative estimate of drug-likeness (QED) is 0.757. The van der Waals surface area contributed by atoms with E-state index in [4.69, 9.17) is 23.2 Å². The predicted molar refractivity (Wildman–Crippen MR) is 90.2 cm³/mol. The first-order valence-corrected chi connectivity index (χ1v) is 7.79. The molecule has 0 radical (unpaired) electrons. The number of halogens is 3. The van der Waals surface area contributed by atoms with E-state index < -0.39 is 0 Å². The number of carbonyl (C=O) groups is 1. The Hall–Kier alpha value is -1.10. The number of hydrogen-bond acceptors (Lipinski definition) is 2. The lowest BCUT2D eigenvalue weighted by Gasteiger charge is -2.10. The lowest BCUT2D eigenvalue weighted by Crippen LogP contribution is -2.15. The Labute approximate surface area is 141 Å². The number of nitrogens with one attached hydrogen (secondary N) is 1. The molecule has 21 heavy (non-hydrogen) atoms. The molecule has 1 N–H and O–H groups in total. The first-order valence-electron chi connectivity index (χ1n) is 6.24. The van der Waals surface area contributed by atoms with Crippen molar-refractivity contribution in [3.8, 4) is 0 Å². The van der Waals surface area contributed by atoms with Gasteiger partial charge in [0.2, 0.25) is 5.91 Å². The monoisotopic (exact) mass is 386 g/mol. The van der Waals surface area contributed by atoms with E-state index in [0.29, 0.717) is 16.3 Å². The largest absolute Gasteiger partial charge is 0.325 e. The summed E-state index contributed by atoms with van der Waals surface area (Å²) in [5.41, 5.74) is 3.06. The van der Waals surface area contributed by atoms with Crippen LogP contribution in [0.3, 0.4) is 0 Å². The molecule has 2 aromatic rings. The van der Waals surface area contributed by atoms with Gasteiger partial charge in [-0.2, -0.15) is 0 Å². The van der Waals surface area contributed by atoms with Crippen molar-refractivity contribution >= 4 is 50.7 Å². The SMILES string of the molecule is Cc1ccc(NC(=O)Cc2c(Cl)cc(C)nc2Cl)c(Br)c1. The molecule has 0 aliphatic heterocycles. The van der Waals surface area contributed by atoms with Crippen LogP contribution in [0, 0.1) is 13.8 Å². The molecule has 2 rings (SSSR count). The van der Waals surface area contributed by atoms with Gasteiger partial charge in [0.25, 0.3) is 0 Å². The molecule has 1 aromatic heterocycles. The normalized spacial score (nSPS) is 10.5. The fourth-order valence-electron chi connectivity index (χ4n) is 1.86. The van der Waals surface area contributed by atoms with Crippen molar-refractivity contribution in [2.45, 2.75) is 20.3 Å². The number of benzene rings is 1. The zero-order valence-corrected chi connectivity index (χ0v) is 14.6. The molecule has 0 aliphatic carbocycles. The highest BCUT2D eigenvalue weighted by molar-refractivity contribution is 9.10. The molecule has 0 atom stereocenters. The number of nitrogens with zero attached hydrogens (tertiary/aromatic N) is 1. The number of hydrogen-bond donors (Lipinski definition) is 1. The molecule has 0 unspecified atom stereocenters. The number of amides is 1. The Balaban J connectivity index is 2.16. The van der Waals surface area contributed by atoms with Gasteiger partial charge in [0.05, 0.1) is 12.1 Å². The lowest BCUT2D eigenvalue weighted by molar-refractivity contribution is -0.115. The highest BCUT2D eigenvalue weighted by Crippen LogP contribution is 2.26. The fourth-order valence-corrected chi connectivity index (χ4v) is 3.11. The first kappa shape index (κ1) is 16.3. The predicted octanol–water partition coefficient (Wildman–Crippen LogP) is 4.95. The van der Waals surface area contributed by atoms with Gasteiger partial charge in [-0.3, -0.25) is 4.79 Å². The zero-order valence-electron chi connectivity index (χ0n) is 11.5. The van der Waals surface area contributed by atoms with Gasteiger partial charge in [0.1, 0.15) is 5.15 Å². The third-order valence-electron chi connectivity index (χ3n) is 2.88. The molecule has 1 heterocycles. The van der Waals surface area contributed by atoms with E-state index in [1.54, 1.807) is 13.0 Å². The Morgan fingerprint density at radius 3 is 2.62 bits per heavy atom. The molecule has 0 spiro atoms. The average molecular weight is 388 g/mol. The molecule has 1 aromatic carbocycles. The Kier molecular flexibility index (Phi) is 5.25. The van der Waals surface area contributed by atoms with Crippen LogP contribution in [0.25, 0.3) is 0 Å². The van der Waals surface area contributed by atoms with Gasteiger partial charge in [-0.15, -0.1) is 0 Å². The second-order valence-electron chi connectivity index (χ2n) is 4.72. The molecule has 3 nitrogen and oxygen atoms in total. The minimum absolute atomic E-state index is 0.0747. The van der Waals surface area contributed by atoms with E-state index in [0.717, 1.165) is 15.7 Å². The summed E-state index contributed by atoms with van der Waals surface area (Å²) in [5, 5.41) is 3.54. The average Bonchev–Trinajstić information content (AvgIpc) is 2.37. The van der Waals surface area contributed by atoms with Crippen molar-refractivity contribution in [3.05, 3.63) is 55.7 Å². The molecule has 0 saturated heterocycles. The second kappa shape index (κ2) is 6.77. The van der Waals surface area contributed by atoms with E-state index in [-0.39, 0.29) is 17.5 Å². The molecular formula is C15H13BrCl2N2O. The number of aryl methyl sites for hydroxylation is 2. The Morgan fingerprint density at radius 1 is 1.29 bits per heavy atom. The molecule has 0 bridgehead atoms. The summed E-state index contributed by atoms with van der Waals surface area (Å²) in [4.78, 5) is 16.2. The third kappa shape index (κ3) is 4.19. The number of pyridine rings is 1. The second-order valence-corrected chi connectivity index (χ2v) is 6.34. The Morgan fingerprint density at radius 2 is 2.00 bits per heavy atom. The fraction of sp³-hybridized carbons (Fsp3) is 0.200. The number of carbonyl (C=O) groups excluding carboxylic acids is 1. The van der Waals surface area contributed by atoms with E-state index >= 15 is 0 Å². The van der Waals surface area contributed by atoms with E-state index in [2.05, 4.69) is 26.2 Å². The minimum atomic E-state index is -0.200. The molecular weight excluding hydrogens is 375 g/mol. The van der Waals surface area contributed by atoms with Crippen molar-refractivity contribution in [2.75, 3.05) is 5.32 Å². The number of anilines is 1. The molecule has 6 heteroatoms. The van der Waals surface area contributed by atoms with Crippen LogP contribution in [0.5, 0.6) is 0 Å². The standard InChI is InChI=1S/C15H13BrCl2N2O/c1-8-3-4-13(11(16)5-8)20-14(21)7-10-12(17)6-9(2)19-15(10)18/h3-6H,7H2,1-2H3,(H,20,21). The summed E-state index contributed by atoms with van der Waals surface area (Å²) in [7, 11) is 0. The van der Waals surface area contributed by atoms with Crippen LogP contribution in [0.1, 0.15) is 16.8 Å². The summed E-state index contributed by atoms with van der Waals surface area (Å²) in [6.45, 7) is 3.78. The van der Waals surface area contributed by atoms with Crippen LogP contribution < -0.4 is 5.32 Å². The summed E-state index contributed by atoms with van der Waals surface area (Å²) in [6.07, 6.45) is 0.0747. The highest BCUT2D eigenvalue weighted by Gasteiger charge is 2.14. The maximum atomic E-state index is 12.1. The van der Waals surface area contributed by atoms with Crippen molar-refractivity contribution in [3.63, 3.8) is 0 Å². The maximum Gasteiger partial charge on any atom is 0.228 e. The third-order valence-corrected chi connectivity index (χ3v) is 4.19. The van der Waals surface area contributed by atoms with Crippen LogP contribution in [-0.2, 0) is 11.2 Å². The lowest BCUT2D eigenvalue weighted by atomic mass is 10.1. The topological polar surface area (TPSA) is 42.0 Å². The van der Waals surface area contributed by atoms with Crippen molar-refractivity contribution in [1.29, 1.82) is 0 Å². The first-order chi connectivity index (χ1) is 9.86. The van der Waals surface area contributed by atoms with Crippen molar-refractivity contribution in [1.82, 2.24) is 4.98 Å². The maximum absolute atomic E-state index is 12.1. The zero-order chi connectivity index (χ0) is 15.6. The van der Waals surface area contributed by atoms with Crippen LogP contribution in [0.15, 0.2) is 28.7 Å². The van der Waals surface area contributed by atoms with Gasteiger partial charge in [-0.1, -0.05) is 29.3 Å². The van der Waals surface area contributed by atoms with Crippen LogP contribution in [0.2, 0.25) is 10.2 Å². The molecule has 0 fully saturated rings. The van der Waals surface area contributed by atoms with Crippen LogP contribution in [0.4, 0.5) is 5.69 Å². The van der Waals surface area contributed by atoms with Gasteiger partial charge in [0, 0.05) is 20.8 Å². The molecule has 0 aliphatic rings. The minimum Gasteiger partial charge on any atom is -0.325 e. The summed E-state index contributed by atoms with van der Waals surface area (Å²) in [5.74, 6) is -0.200. The van der Waals surface area contributed by atoms with Gasteiger partial charge >= 0.3 is 0 Å². The number of aromatic nitrogens is 1. The highest BCUT2D eigenvalue weighted by atomic mass is 79.9. The summed E-state index contributed by atoms with van der Waals surface area (Å²) >= 11 is 15.6. The van der Waals surface area contributed by atoms with E-state index in [9.17, 15) is 4.79 Å². The Bertz CT molecular complexity index is 681. The van der Waals surface area contributed by atoms with Gasteiger partial charge in [-0.25, -0.2) is 4.98 Å². The van der Waals surface area contributed by atoms with Gasteiger partial charge in [-0.05, 0) is 53.5 Å². The molecule has 0 saturated carbocycles. The molecule has 1 amide bonds. The van der Waals surface area contributed by atoms with Crippen LogP contribution >= 0.6 is 39.1 Å². The molecule has 110 valence electrons. The van der Waals surface area contributed by atoms with E-state index in [1.165, 1.54) is 0 Å².